The molecule has 0 bridgehead atoms. The molecule has 0 aliphatic heterocycles. The van der Waals surface area contributed by atoms with Crippen LogP contribution in [0.2, 0.25) is 0 Å². The summed E-state index contributed by atoms with van der Waals surface area (Å²) in [4.78, 5) is 21.8. The summed E-state index contributed by atoms with van der Waals surface area (Å²) in [5, 5.41) is 15.5. The van der Waals surface area contributed by atoms with E-state index in [2.05, 4.69) is 103 Å². The number of nitrogens with one attached hydrogen (secondary N) is 2. The normalized spacial score (nSPS) is 12.0. The van der Waals surface area contributed by atoms with Gasteiger partial charge in [0.1, 0.15) is 0 Å². The molecule has 0 heterocycles. The van der Waals surface area contributed by atoms with Crippen LogP contribution in [-0.4, -0.2) is 36.2 Å². The summed E-state index contributed by atoms with van der Waals surface area (Å²) < 4.78 is 4.62. The molecule has 0 aromatic heterocycles. The van der Waals surface area contributed by atoms with Crippen molar-refractivity contribution in [2.45, 2.75) is 92.2 Å². The van der Waals surface area contributed by atoms with Crippen LogP contribution in [0.25, 0.3) is 12.2 Å². The van der Waals surface area contributed by atoms with E-state index in [1.807, 2.05) is 18.2 Å². The fourth-order valence-corrected chi connectivity index (χ4v) is 3.60. The molecule has 2 aromatic carbocycles. The third-order valence-electron chi connectivity index (χ3n) is 5.73. The van der Waals surface area contributed by atoms with Crippen molar-refractivity contribution in [2.75, 3.05) is 17.7 Å². The second-order valence-electron chi connectivity index (χ2n) is 12.2. The minimum absolute atomic E-state index is 0.0719. The SMILES string of the molecule is CC(C)Nc1cc(C(C)(C)C)ccc1C=CC(=O)O.COC(=O)C=Cc1ccc(C(C)(C)C)cc1NC(C)C. The molecule has 6 nitrogen and oxygen atoms in total. The number of carboxylic acid groups (broad SMARTS) is 1. The van der Waals surface area contributed by atoms with Crippen molar-refractivity contribution in [2.24, 2.45) is 0 Å². The van der Waals surface area contributed by atoms with Crippen molar-refractivity contribution in [3.63, 3.8) is 0 Å². The van der Waals surface area contributed by atoms with Crippen LogP contribution in [0.4, 0.5) is 11.4 Å². The highest BCUT2D eigenvalue weighted by Gasteiger charge is 2.16. The van der Waals surface area contributed by atoms with Gasteiger partial charge < -0.3 is 20.5 Å². The predicted molar refractivity (Wildman–Crippen MR) is 166 cm³/mol. The lowest BCUT2D eigenvalue weighted by atomic mass is 9.86. The maximum Gasteiger partial charge on any atom is 0.330 e. The smallest absolute Gasteiger partial charge is 0.330 e. The summed E-state index contributed by atoms with van der Waals surface area (Å²) in [6, 6.07) is 13.0. The Balaban J connectivity index is 0.000000391. The lowest BCUT2D eigenvalue weighted by Gasteiger charge is -2.22. The first-order valence-corrected chi connectivity index (χ1v) is 13.4. The molecule has 0 fully saturated rings. The molecule has 0 aliphatic rings. The predicted octanol–water partition coefficient (Wildman–Crippen LogP) is 7.89. The number of hydrogen-bond donors (Lipinski definition) is 3. The second-order valence-corrected chi connectivity index (χ2v) is 12.2. The van der Waals surface area contributed by atoms with Gasteiger partial charge in [-0.2, -0.15) is 0 Å². The summed E-state index contributed by atoms with van der Waals surface area (Å²) in [6.45, 7) is 21.4. The van der Waals surface area contributed by atoms with Crippen molar-refractivity contribution in [1.29, 1.82) is 0 Å². The lowest BCUT2D eigenvalue weighted by molar-refractivity contribution is -0.135. The van der Waals surface area contributed by atoms with Crippen molar-refractivity contribution in [1.82, 2.24) is 0 Å². The van der Waals surface area contributed by atoms with Gasteiger partial charge in [-0.15, -0.1) is 0 Å². The molecular formula is C33H48N2O4. The second kappa shape index (κ2) is 14.6. The number of ether oxygens (including phenoxy) is 1. The van der Waals surface area contributed by atoms with E-state index in [1.54, 1.807) is 12.2 Å². The van der Waals surface area contributed by atoms with Gasteiger partial charge in [0.2, 0.25) is 0 Å². The Bertz CT molecular complexity index is 1160. The largest absolute Gasteiger partial charge is 0.478 e. The number of methoxy groups -OCH3 is 1. The Morgan fingerprint density at radius 2 is 1.13 bits per heavy atom. The summed E-state index contributed by atoms with van der Waals surface area (Å²) in [5.41, 5.74) is 6.54. The van der Waals surface area contributed by atoms with Crippen molar-refractivity contribution in [3.05, 3.63) is 70.8 Å². The van der Waals surface area contributed by atoms with E-state index in [0.29, 0.717) is 12.1 Å². The van der Waals surface area contributed by atoms with Gasteiger partial charge in [0.05, 0.1) is 7.11 Å². The summed E-state index contributed by atoms with van der Waals surface area (Å²) in [6.07, 6.45) is 6.01. The van der Waals surface area contributed by atoms with Crippen molar-refractivity contribution in [3.8, 4) is 0 Å². The summed E-state index contributed by atoms with van der Waals surface area (Å²) in [5.74, 6) is -1.28. The zero-order valence-corrected chi connectivity index (χ0v) is 25.6. The lowest BCUT2D eigenvalue weighted by Crippen LogP contribution is -2.15. The molecule has 2 rings (SSSR count). The number of anilines is 2. The van der Waals surface area contributed by atoms with Gasteiger partial charge in [0.25, 0.3) is 0 Å². The van der Waals surface area contributed by atoms with E-state index >= 15 is 0 Å². The molecule has 0 aliphatic carbocycles. The number of carboxylic acids is 1. The molecule has 0 unspecified atom stereocenters. The van der Waals surface area contributed by atoms with Gasteiger partial charge in [-0.3, -0.25) is 0 Å². The van der Waals surface area contributed by atoms with E-state index in [0.717, 1.165) is 28.6 Å². The molecule has 39 heavy (non-hydrogen) atoms. The highest BCUT2D eigenvalue weighted by atomic mass is 16.5. The van der Waals surface area contributed by atoms with Gasteiger partial charge in [0, 0.05) is 35.6 Å². The van der Waals surface area contributed by atoms with Gasteiger partial charge in [-0.25, -0.2) is 9.59 Å². The summed E-state index contributed by atoms with van der Waals surface area (Å²) >= 11 is 0. The molecule has 0 saturated carbocycles. The van der Waals surface area contributed by atoms with E-state index in [1.165, 1.54) is 24.3 Å². The Labute approximate surface area is 235 Å². The van der Waals surface area contributed by atoms with Gasteiger partial charge >= 0.3 is 11.9 Å². The molecule has 0 amide bonds. The van der Waals surface area contributed by atoms with Crippen LogP contribution in [-0.2, 0) is 25.2 Å². The van der Waals surface area contributed by atoms with Crippen LogP contribution in [0.15, 0.2) is 48.6 Å². The maximum atomic E-state index is 11.2. The zero-order chi connectivity index (χ0) is 30.0. The third-order valence-corrected chi connectivity index (χ3v) is 5.73. The Kier molecular flexibility index (Phi) is 12.5. The number of aliphatic carboxylic acids is 1. The average Bonchev–Trinajstić information content (AvgIpc) is 2.80. The first kappa shape index (κ1) is 33.5. The molecular weight excluding hydrogens is 488 g/mol. The van der Waals surface area contributed by atoms with Crippen LogP contribution >= 0.6 is 0 Å². The summed E-state index contributed by atoms with van der Waals surface area (Å²) in [7, 11) is 1.38. The molecule has 3 N–H and O–H groups in total. The van der Waals surface area contributed by atoms with E-state index < -0.39 is 5.97 Å². The van der Waals surface area contributed by atoms with E-state index in [4.69, 9.17) is 5.11 Å². The van der Waals surface area contributed by atoms with Crippen LogP contribution in [0, 0.1) is 0 Å². The molecule has 214 valence electrons. The number of benzene rings is 2. The average molecular weight is 537 g/mol. The molecule has 0 spiro atoms. The Hall–Kier alpha value is -3.54. The number of rotatable bonds is 8. The molecule has 2 aromatic rings. The van der Waals surface area contributed by atoms with Crippen LogP contribution in [0.3, 0.4) is 0 Å². The number of hydrogen-bond acceptors (Lipinski definition) is 5. The number of carbonyl (C=O) groups excluding carboxylic acids is 1. The van der Waals surface area contributed by atoms with Gasteiger partial charge in [-0.05, 0) is 85.1 Å². The molecule has 0 saturated heterocycles. The topological polar surface area (TPSA) is 87.7 Å². The Morgan fingerprint density at radius 1 is 0.744 bits per heavy atom. The van der Waals surface area contributed by atoms with Crippen molar-refractivity contribution >= 4 is 35.5 Å². The third kappa shape index (κ3) is 12.2. The fourth-order valence-electron chi connectivity index (χ4n) is 3.60. The van der Waals surface area contributed by atoms with Gasteiger partial charge in [0.15, 0.2) is 0 Å². The number of esters is 1. The molecule has 0 atom stereocenters. The van der Waals surface area contributed by atoms with E-state index in [9.17, 15) is 9.59 Å². The van der Waals surface area contributed by atoms with Crippen LogP contribution < -0.4 is 10.6 Å². The highest BCUT2D eigenvalue weighted by molar-refractivity contribution is 5.88. The van der Waals surface area contributed by atoms with Crippen LogP contribution in [0.5, 0.6) is 0 Å². The first-order valence-electron chi connectivity index (χ1n) is 13.4. The van der Waals surface area contributed by atoms with E-state index in [-0.39, 0.29) is 16.8 Å². The Morgan fingerprint density at radius 3 is 1.44 bits per heavy atom. The fraction of sp³-hybridized carbons (Fsp3) is 0.455. The van der Waals surface area contributed by atoms with Crippen molar-refractivity contribution < 1.29 is 19.4 Å². The molecule has 0 radical (unpaired) electrons. The minimum Gasteiger partial charge on any atom is -0.478 e. The monoisotopic (exact) mass is 536 g/mol. The zero-order valence-electron chi connectivity index (χ0n) is 25.6. The van der Waals surface area contributed by atoms with Crippen LogP contribution in [0.1, 0.15) is 91.5 Å². The first-order chi connectivity index (χ1) is 17.9. The standard InChI is InChI=1S/C17H25NO2.C16H23NO2/c1-12(2)18-15-11-14(17(3,4)5)9-7-13(15)8-10-16(19)20-6;1-11(2)17-14-10-13(16(3,4)5)8-6-12(14)7-9-15(18)19/h7-12,18H,1-6H3;6-11,17H,1-5H3,(H,18,19). The number of carbonyl (C=O) groups is 2. The maximum absolute atomic E-state index is 11.2. The highest BCUT2D eigenvalue weighted by Crippen LogP contribution is 2.29. The quantitative estimate of drug-likeness (QED) is 0.235. The molecule has 6 heteroatoms. The minimum atomic E-state index is -0.935. The van der Waals surface area contributed by atoms with Gasteiger partial charge in [-0.1, -0.05) is 65.8 Å².